The number of aromatic amines is 1. The fourth-order valence-electron chi connectivity index (χ4n) is 3.83. The van der Waals surface area contributed by atoms with E-state index in [-0.39, 0.29) is 11.7 Å². The lowest BCUT2D eigenvalue weighted by molar-refractivity contribution is -0.922. The Morgan fingerprint density at radius 2 is 2.24 bits per heavy atom. The summed E-state index contributed by atoms with van der Waals surface area (Å²) in [5.74, 6) is 0.649. The summed E-state index contributed by atoms with van der Waals surface area (Å²) in [6, 6.07) is 5.27. The van der Waals surface area contributed by atoms with Crippen LogP contribution in [0.3, 0.4) is 0 Å². The van der Waals surface area contributed by atoms with Crippen LogP contribution in [0.1, 0.15) is 48.3 Å². The van der Waals surface area contributed by atoms with Gasteiger partial charge in [0, 0.05) is 18.9 Å². The van der Waals surface area contributed by atoms with Crippen molar-refractivity contribution in [1.29, 1.82) is 0 Å². The molecule has 1 fully saturated rings. The van der Waals surface area contributed by atoms with Crippen molar-refractivity contribution in [3.05, 3.63) is 35.0 Å². The van der Waals surface area contributed by atoms with Crippen LogP contribution in [0.2, 0.25) is 0 Å². The van der Waals surface area contributed by atoms with Gasteiger partial charge in [-0.2, -0.15) is 0 Å². The summed E-state index contributed by atoms with van der Waals surface area (Å²) >= 11 is 0. The quantitative estimate of drug-likeness (QED) is 0.829. The van der Waals surface area contributed by atoms with E-state index in [1.807, 2.05) is 13.0 Å². The topological polar surface area (TPSA) is 65.1 Å². The molecule has 1 aliphatic heterocycles. The fourth-order valence-corrected chi connectivity index (χ4v) is 3.83. The van der Waals surface area contributed by atoms with E-state index >= 15 is 0 Å². The first kappa shape index (κ1) is 17.7. The first-order chi connectivity index (χ1) is 12.0. The zero-order chi connectivity index (χ0) is 18.0. The van der Waals surface area contributed by atoms with Crippen LogP contribution in [0.15, 0.2) is 18.2 Å². The minimum atomic E-state index is -0.360. The first-order valence-corrected chi connectivity index (χ1v) is 9.17. The molecule has 1 aliphatic rings. The van der Waals surface area contributed by atoms with Gasteiger partial charge in [-0.15, -0.1) is 0 Å². The highest BCUT2D eigenvalue weighted by Crippen LogP contribution is 2.28. The zero-order valence-corrected chi connectivity index (χ0v) is 15.3. The number of H-pyrrole nitrogens is 1. The Balaban J connectivity index is 1.96. The highest BCUT2D eigenvalue weighted by Gasteiger charge is 2.25. The fraction of sp³-hybridized carbons (Fsp3) is 0.500. The molecule has 2 heterocycles. The largest absolute Gasteiger partial charge is 0.506 e. The Morgan fingerprint density at radius 1 is 1.44 bits per heavy atom. The minimum absolute atomic E-state index is 0.281. The van der Waals surface area contributed by atoms with E-state index in [9.17, 15) is 9.90 Å². The number of carbonyl (C=O) groups is 1. The summed E-state index contributed by atoms with van der Waals surface area (Å²) in [5, 5.41) is 11.6. The van der Waals surface area contributed by atoms with Gasteiger partial charge in [-0.25, -0.2) is 9.78 Å². The molecule has 5 heteroatoms. The number of hydrogen-bond acceptors (Lipinski definition) is 3. The van der Waals surface area contributed by atoms with Gasteiger partial charge < -0.3 is 14.7 Å². The molecule has 134 valence electrons. The summed E-state index contributed by atoms with van der Waals surface area (Å²) in [6.45, 7) is 9.51. The maximum Gasteiger partial charge on any atom is 0.338 e. The standard InChI is InChI=1S/C20H26N2O3/c1-4-25-20(24)15-7-8-18-16(10-15)19(23)17(14(3)21-18)12-22-9-5-6-13(2)11-22/h7-8,10,13H,4-6,9,11-12H2,1-3H3,(H,21,23)/p+2. The summed E-state index contributed by atoms with van der Waals surface area (Å²) in [5.41, 5.74) is 3.22. The molecule has 3 rings (SSSR count). The van der Waals surface area contributed by atoms with Crippen LogP contribution in [0, 0.1) is 12.8 Å². The van der Waals surface area contributed by atoms with Crippen molar-refractivity contribution in [2.24, 2.45) is 5.92 Å². The van der Waals surface area contributed by atoms with E-state index in [0.717, 1.165) is 42.3 Å². The van der Waals surface area contributed by atoms with Crippen molar-refractivity contribution >= 4 is 16.9 Å². The molecule has 2 unspecified atom stereocenters. The molecule has 1 aromatic heterocycles. The third-order valence-electron chi connectivity index (χ3n) is 5.14. The lowest BCUT2D eigenvalue weighted by Crippen LogP contribution is -3.12. The van der Waals surface area contributed by atoms with E-state index in [1.54, 1.807) is 19.1 Å². The molecule has 0 aliphatic carbocycles. The molecule has 1 saturated heterocycles. The third-order valence-corrected chi connectivity index (χ3v) is 5.14. The normalized spacial score (nSPS) is 20.6. The van der Waals surface area contributed by atoms with Gasteiger partial charge in [-0.05, 0) is 31.9 Å². The highest BCUT2D eigenvalue weighted by molar-refractivity contribution is 5.95. The molecule has 0 amide bonds. The minimum Gasteiger partial charge on any atom is -0.506 e. The predicted molar refractivity (Wildman–Crippen MR) is 95.7 cm³/mol. The maximum absolute atomic E-state index is 12.0. The molecule has 25 heavy (non-hydrogen) atoms. The number of benzene rings is 1. The highest BCUT2D eigenvalue weighted by atomic mass is 16.5. The molecule has 0 bridgehead atoms. The zero-order valence-electron chi connectivity index (χ0n) is 15.3. The molecular formula is C20H28N2O3+2. The number of aryl methyl sites for hydroxylation is 1. The lowest BCUT2D eigenvalue weighted by atomic mass is 9.99. The second kappa shape index (κ2) is 7.40. The summed E-state index contributed by atoms with van der Waals surface area (Å²) in [4.78, 5) is 16.9. The first-order valence-electron chi connectivity index (χ1n) is 9.17. The number of nitrogens with one attached hydrogen (secondary N) is 2. The number of ether oxygens (including phenoxy) is 1. The number of aromatic nitrogens is 1. The Bertz CT molecular complexity index is 788. The van der Waals surface area contributed by atoms with E-state index < -0.39 is 0 Å². The van der Waals surface area contributed by atoms with Crippen LogP contribution in [-0.2, 0) is 11.3 Å². The van der Waals surface area contributed by atoms with Crippen molar-refractivity contribution in [2.75, 3.05) is 19.7 Å². The van der Waals surface area contributed by atoms with Gasteiger partial charge in [0.2, 0.25) is 5.52 Å². The molecule has 5 nitrogen and oxygen atoms in total. The third kappa shape index (κ3) is 3.76. The molecule has 3 N–H and O–H groups in total. The Hall–Kier alpha value is -2.14. The SMILES string of the molecule is CCOC(=O)c1ccc2[nH+]c(C)c(C[NH+]3CCCC(C)C3)c(O)c2c1. The number of fused-ring (bicyclic) bond motifs is 1. The Kier molecular flexibility index (Phi) is 5.23. The maximum atomic E-state index is 12.0. The van der Waals surface area contributed by atoms with E-state index in [2.05, 4.69) is 11.9 Å². The van der Waals surface area contributed by atoms with Gasteiger partial charge in [0.05, 0.1) is 30.6 Å². The lowest BCUT2D eigenvalue weighted by Gasteiger charge is -2.28. The number of pyridine rings is 1. The van der Waals surface area contributed by atoms with Crippen molar-refractivity contribution < 1.29 is 24.5 Å². The molecule has 0 radical (unpaired) electrons. The smallest absolute Gasteiger partial charge is 0.338 e. The van der Waals surface area contributed by atoms with Gasteiger partial charge >= 0.3 is 5.97 Å². The monoisotopic (exact) mass is 344 g/mol. The number of carbonyl (C=O) groups excluding carboxylic acids is 1. The van der Waals surface area contributed by atoms with E-state index in [0.29, 0.717) is 17.6 Å². The second-order valence-corrected chi connectivity index (χ2v) is 7.19. The summed E-state index contributed by atoms with van der Waals surface area (Å²) < 4.78 is 5.07. The Morgan fingerprint density at radius 3 is 2.96 bits per heavy atom. The van der Waals surface area contributed by atoms with Crippen LogP contribution < -0.4 is 9.88 Å². The molecule has 2 aromatic rings. The molecular weight excluding hydrogens is 316 g/mol. The molecule has 1 aromatic carbocycles. The van der Waals surface area contributed by atoms with Crippen molar-refractivity contribution in [2.45, 2.75) is 40.2 Å². The van der Waals surface area contributed by atoms with Crippen LogP contribution in [0.25, 0.3) is 10.9 Å². The number of quaternary nitrogens is 1. The van der Waals surface area contributed by atoms with Crippen molar-refractivity contribution in [3.63, 3.8) is 0 Å². The predicted octanol–water partition coefficient (Wildman–Crippen LogP) is 1.66. The number of aromatic hydroxyl groups is 1. The second-order valence-electron chi connectivity index (χ2n) is 7.19. The number of rotatable bonds is 4. The molecule has 2 atom stereocenters. The number of piperidine rings is 1. The van der Waals surface area contributed by atoms with E-state index in [1.165, 1.54) is 17.7 Å². The number of likely N-dealkylation sites (tertiary alicyclic amines) is 1. The van der Waals surface area contributed by atoms with Crippen LogP contribution in [0.4, 0.5) is 0 Å². The van der Waals surface area contributed by atoms with Crippen LogP contribution in [0.5, 0.6) is 5.75 Å². The molecule has 0 spiro atoms. The number of hydrogen-bond donors (Lipinski definition) is 2. The van der Waals surface area contributed by atoms with E-state index in [4.69, 9.17) is 4.74 Å². The number of esters is 1. The van der Waals surface area contributed by atoms with Gasteiger partial charge in [0.25, 0.3) is 0 Å². The van der Waals surface area contributed by atoms with Gasteiger partial charge in [-0.3, -0.25) is 0 Å². The van der Waals surface area contributed by atoms with Crippen LogP contribution >= 0.6 is 0 Å². The van der Waals surface area contributed by atoms with Crippen molar-refractivity contribution in [3.8, 4) is 5.75 Å². The average Bonchev–Trinajstić information content (AvgIpc) is 2.58. The Labute approximate surface area is 148 Å². The van der Waals surface area contributed by atoms with Gasteiger partial charge in [0.15, 0.2) is 5.69 Å². The van der Waals surface area contributed by atoms with Gasteiger partial charge in [-0.1, -0.05) is 6.92 Å². The average molecular weight is 344 g/mol. The van der Waals surface area contributed by atoms with Crippen molar-refractivity contribution in [1.82, 2.24) is 0 Å². The summed E-state index contributed by atoms with van der Waals surface area (Å²) in [6.07, 6.45) is 2.53. The molecule has 0 saturated carbocycles. The van der Waals surface area contributed by atoms with Gasteiger partial charge in [0.1, 0.15) is 17.9 Å². The summed E-state index contributed by atoms with van der Waals surface area (Å²) in [7, 11) is 0. The van der Waals surface area contributed by atoms with Crippen LogP contribution in [-0.4, -0.2) is 30.8 Å².